The number of aromatic amines is 1. The summed E-state index contributed by atoms with van der Waals surface area (Å²) in [7, 11) is 0. The highest BCUT2D eigenvalue weighted by atomic mass is 35.5. The molecule has 1 aliphatic rings. The van der Waals surface area contributed by atoms with Crippen LogP contribution in [0.2, 0.25) is 5.02 Å². The monoisotopic (exact) mass is 412 g/mol. The highest BCUT2D eigenvalue weighted by molar-refractivity contribution is 6.31. The maximum atomic E-state index is 12.2. The quantitative estimate of drug-likeness (QED) is 0.364. The van der Waals surface area contributed by atoms with E-state index in [1.165, 1.54) is 18.9 Å². The molecule has 1 aliphatic heterocycles. The van der Waals surface area contributed by atoms with Crippen molar-refractivity contribution in [1.82, 2.24) is 20.7 Å². The maximum absolute atomic E-state index is 12.2. The van der Waals surface area contributed by atoms with E-state index in [0.29, 0.717) is 10.7 Å². The molecule has 0 aliphatic carbocycles. The molecule has 2 heterocycles. The second-order valence-electron chi connectivity index (χ2n) is 6.95. The van der Waals surface area contributed by atoms with Gasteiger partial charge in [-0.15, -0.1) is 0 Å². The zero-order chi connectivity index (χ0) is 20.6. The Hall–Kier alpha value is -2.99. The molecule has 0 radical (unpaired) electrons. The van der Waals surface area contributed by atoms with Crippen molar-refractivity contribution in [3.63, 3.8) is 0 Å². The van der Waals surface area contributed by atoms with Crippen molar-refractivity contribution in [2.75, 3.05) is 13.1 Å². The van der Waals surface area contributed by atoms with Crippen LogP contribution >= 0.6 is 11.6 Å². The van der Waals surface area contributed by atoms with E-state index in [1.807, 2.05) is 12.2 Å². The molecule has 6 nitrogen and oxygen atoms in total. The predicted molar refractivity (Wildman–Crippen MR) is 116 cm³/mol. The van der Waals surface area contributed by atoms with E-state index >= 15 is 0 Å². The molecule has 152 valence electrons. The van der Waals surface area contributed by atoms with Gasteiger partial charge in [-0.05, 0) is 48.5 Å². The minimum absolute atomic E-state index is 0.342. The average Bonchev–Trinajstić information content (AvgIpc) is 3.14. The lowest BCUT2D eigenvalue weighted by molar-refractivity contribution is -0.117. The van der Waals surface area contributed by atoms with Crippen LogP contribution in [0.1, 0.15) is 36.7 Å². The molecule has 0 atom stereocenters. The van der Waals surface area contributed by atoms with Crippen LogP contribution in [0.3, 0.4) is 0 Å². The fourth-order valence-corrected chi connectivity index (χ4v) is 3.27. The van der Waals surface area contributed by atoms with E-state index in [1.54, 1.807) is 30.3 Å². The van der Waals surface area contributed by atoms with Gasteiger partial charge in [0.25, 0.3) is 11.8 Å². The first kappa shape index (κ1) is 20.7. The van der Waals surface area contributed by atoms with Crippen molar-refractivity contribution in [1.29, 1.82) is 0 Å². The number of hydrogen-bond donors (Lipinski definition) is 3. The molecular weight excluding hydrogens is 388 g/mol. The SMILES string of the molecule is CCCCCN1C=CC=C(/C=C/C(=O)NNC(=O)c2cc3cc(Cl)ccc3[nH]2)C1. The highest BCUT2D eigenvalue weighted by Gasteiger charge is 2.10. The van der Waals surface area contributed by atoms with E-state index in [0.717, 1.165) is 36.0 Å². The molecule has 0 saturated heterocycles. The zero-order valence-corrected chi connectivity index (χ0v) is 17.1. The van der Waals surface area contributed by atoms with Gasteiger partial charge in [0.15, 0.2) is 0 Å². The molecule has 0 fully saturated rings. The van der Waals surface area contributed by atoms with Crippen LogP contribution in [0, 0.1) is 0 Å². The Bertz CT molecular complexity index is 974. The molecule has 2 amide bonds. The summed E-state index contributed by atoms with van der Waals surface area (Å²) in [5.41, 5.74) is 6.99. The number of hydrogen-bond acceptors (Lipinski definition) is 3. The number of aromatic nitrogens is 1. The van der Waals surface area contributed by atoms with Crippen LogP contribution in [0.4, 0.5) is 0 Å². The van der Waals surface area contributed by atoms with Gasteiger partial charge in [0.1, 0.15) is 5.69 Å². The Morgan fingerprint density at radius 3 is 2.93 bits per heavy atom. The molecule has 3 rings (SSSR count). The van der Waals surface area contributed by atoms with Crippen molar-refractivity contribution in [3.05, 3.63) is 71.1 Å². The molecule has 0 spiro atoms. The summed E-state index contributed by atoms with van der Waals surface area (Å²) in [6.45, 7) is 3.97. The van der Waals surface area contributed by atoms with Gasteiger partial charge >= 0.3 is 0 Å². The summed E-state index contributed by atoms with van der Waals surface area (Å²) in [4.78, 5) is 29.5. The van der Waals surface area contributed by atoms with Crippen LogP contribution in [0.15, 0.2) is 60.3 Å². The highest BCUT2D eigenvalue weighted by Crippen LogP contribution is 2.20. The molecule has 3 N–H and O–H groups in total. The molecule has 1 aromatic carbocycles. The minimum atomic E-state index is -0.430. The van der Waals surface area contributed by atoms with E-state index in [9.17, 15) is 9.59 Å². The smallest absolute Gasteiger partial charge is 0.286 e. The lowest BCUT2D eigenvalue weighted by atomic mass is 10.1. The molecular formula is C22H25ClN4O2. The average molecular weight is 413 g/mol. The van der Waals surface area contributed by atoms with E-state index in [-0.39, 0.29) is 0 Å². The third-order valence-electron chi connectivity index (χ3n) is 4.62. The Labute approximate surface area is 175 Å². The third-order valence-corrected chi connectivity index (χ3v) is 4.85. The van der Waals surface area contributed by atoms with Gasteiger partial charge in [0.2, 0.25) is 0 Å². The van der Waals surface area contributed by atoms with Crippen LogP contribution in [-0.4, -0.2) is 34.8 Å². The Morgan fingerprint density at radius 1 is 1.24 bits per heavy atom. The number of unbranched alkanes of at least 4 members (excludes halogenated alkanes) is 2. The molecule has 29 heavy (non-hydrogen) atoms. The normalized spacial score (nSPS) is 13.7. The maximum Gasteiger partial charge on any atom is 0.286 e. The number of hydrazine groups is 1. The van der Waals surface area contributed by atoms with Crippen molar-refractivity contribution in [2.45, 2.75) is 26.2 Å². The van der Waals surface area contributed by atoms with Gasteiger partial charge in [-0.3, -0.25) is 20.4 Å². The van der Waals surface area contributed by atoms with Gasteiger partial charge in [0, 0.05) is 35.1 Å². The number of carbonyl (C=O) groups is 2. The summed E-state index contributed by atoms with van der Waals surface area (Å²) in [5, 5.41) is 1.42. The summed E-state index contributed by atoms with van der Waals surface area (Å²) in [6.07, 6.45) is 12.8. The summed E-state index contributed by atoms with van der Waals surface area (Å²) < 4.78 is 0. The molecule has 0 bridgehead atoms. The molecule has 0 unspecified atom stereocenters. The second-order valence-corrected chi connectivity index (χ2v) is 7.39. The Morgan fingerprint density at radius 2 is 2.10 bits per heavy atom. The molecule has 2 aromatic rings. The minimum Gasteiger partial charge on any atom is -0.373 e. The van der Waals surface area contributed by atoms with Gasteiger partial charge in [0.05, 0.1) is 0 Å². The Kier molecular flexibility index (Phi) is 7.14. The number of amides is 2. The number of halogens is 1. The predicted octanol–water partition coefficient (Wildman–Crippen LogP) is 4.08. The summed E-state index contributed by atoms with van der Waals surface area (Å²) in [6, 6.07) is 7.00. The first-order valence-corrected chi connectivity index (χ1v) is 10.1. The fourth-order valence-electron chi connectivity index (χ4n) is 3.09. The number of nitrogens with one attached hydrogen (secondary N) is 3. The summed E-state index contributed by atoms with van der Waals surface area (Å²) in [5.74, 6) is -0.827. The number of benzene rings is 1. The van der Waals surface area contributed by atoms with Crippen molar-refractivity contribution in [2.24, 2.45) is 0 Å². The summed E-state index contributed by atoms with van der Waals surface area (Å²) >= 11 is 5.96. The third kappa shape index (κ3) is 5.99. The van der Waals surface area contributed by atoms with Gasteiger partial charge in [-0.2, -0.15) is 0 Å². The number of nitrogens with zero attached hydrogens (tertiary/aromatic N) is 1. The first-order chi connectivity index (χ1) is 14.0. The fraction of sp³-hybridized carbons (Fsp3) is 0.273. The van der Waals surface area contributed by atoms with Crippen molar-refractivity contribution in [3.8, 4) is 0 Å². The lowest BCUT2D eigenvalue weighted by Gasteiger charge is -2.23. The van der Waals surface area contributed by atoms with E-state index in [4.69, 9.17) is 11.6 Å². The second kappa shape index (κ2) is 9.98. The topological polar surface area (TPSA) is 77.2 Å². The van der Waals surface area contributed by atoms with Crippen LogP contribution in [0.5, 0.6) is 0 Å². The number of rotatable bonds is 7. The zero-order valence-electron chi connectivity index (χ0n) is 16.4. The van der Waals surface area contributed by atoms with E-state index in [2.05, 4.69) is 33.9 Å². The largest absolute Gasteiger partial charge is 0.373 e. The number of H-pyrrole nitrogens is 1. The van der Waals surface area contributed by atoms with Crippen LogP contribution in [0.25, 0.3) is 10.9 Å². The van der Waals surface area contributed by atoms with Crippen molar-refractivity contribution >= 4 is 34.3 Å². The molecule has 0 saturated carbocycles. The molecule has 1 aromatic heterocycles. The Balaban J connectivity index is 1.48. The number of carbonyl (C=O) groups excluding carboxylic acids is 2. The number of allylic oxidation sites excluding steroid dienone is 2. The molecule has 7 heteroatoms. The van der Waals surface area contributed by atoms with Crippen molar-refractivity contribution < 1.29 is 9.59 Å². The number of fused-ring (bicyclic) bond motifs is 1. The van der Waals surface area contributed by atoms with Gasteiger partial charge in [-0.25, -0.2) is 0 Å². The van der Waals surface area contributed by atoms with Crippen LogP contribution in [-0.2, 0) is 4.79 Å². The van der Waals surface area contributed by atoms with Crippen LogP contribution < -0.4 is 10.9 Å². The first-order valence-electron chi connectivity index (χ1n) is 9.73. The van der Waals surface area contributed by atoms with Gasteiger partial charge < -0.3 is 9.88 Å². The lowest BCUT2D eigenvalue weighted by Crippen LogP contribution is -2.41. The standard InChI is InChI=1S/C22H25ClN4O2/c1-2-3-4-11-27-12-5-6-16(15-27)7-10-21(28)25-26-22(29)20-14-17-13-18(23)8-9-19(17)24-20/h5-10,12-14,24H,2-4,11,15H2,1H3,(H,25,28)(H,26,29)/b10-7+. The van der Waals surface area contributed by atoms with E-state index < -0.39 is 11.8 Å². The van der Waals surface area contributed by atoms with Gasteiger partial charge in [-0.1, -0.05) is 43.5 Å².